The first-order chi connectivity index (χ1) is 10.0. The molecule has 0 bridgehead atoms. The molecule has 1 aliphatic rings. The van der Waals surface area contributed by atoms with Crippen molar-refractivity contribution in [2.75, 3.05) is 12.7 Å². The molecular formula is C16H21ClNO2P. The van der Waals surface area contributed by atoms with Gasteiger partial charge in [0.1, 0.15) is 0 Å². The van der Waals surface area contributed by atoms with Crippen molar-refractivity contribution in [3.63, 3.8) is 0 Å². The van der Waals surface area contributed by atoms with E-state index in [2.05, 4.69) is 0 Å². The Labute approximate surface area is 132 Å². The van der Waals surface area contributed by atoms with Gasteiger partial charge in [0.25, 0.3) is 0 Å². The highest BCUT2D eigenvalue weighted by Crippen LogP contribution is 2.27. The molecule has 2 atom stereocenters. The maximum Gasteiger partial charge on any atom is 0.227 e. The number of benzene rings is 1. The molecular weight excluding hydrogens is 305 g/mol. The second kappa shape index (κ2) is 7.38. The number of carbonyl (C=O) groups is 2. The first-order valence-corrected chi connectivity index (χ1v) is 8.93. The summed E-state index contributed by atoms with van der Waals surface area (Å²) in [6, 6.07) is 5.52. The average molecular weight is 326 g/mol. The lowest BCUT2D eigenvalue weighted by molar-refractivity contribution is -0.134. The van der Waals surface area contributed by atoms with Crippen LogP contribution < -0.4 is 0 Å². The standard InChI is InChI=1S/C16H21ClNO2P/c1-3-21-16(20)14-5-4-8-18(14)15(19)10-12-7-6-11(2)9-13(12)17/h6-7,9,14,21H,3-5,8,10H2,1-2H3. The van der Waals surface area contributed by atoms with E-state index >= 15 is 0 Å². The van der Waals surface area contributed by atoms with Crippen LogP contribution in [0.4, 0.5) is 0 Å². The number of nitrogens with zero attached hydrogens (tertiary/aromatic N) is 1. The highest BCUT2D eigenvalue weighted by molar-refractivity contribution is 7.58. The van der Waals surface area contributed by atoms with Crippen molar-refractivity contribution in [1.29, 1.82) is 0 Å². The summed E-state index contributed by atoms with van der Waals surface area (Å²) in [6.07, 6.45) is 2.86. The van der Waals surface area contributed by atoms with Crippen LogP contribution in [0.1, 0.15) is 30.9 Å². The van der Waals surface area contributed by atoms with Gasteiger partial charge < -0.3 is 4.90 Å². The number of aryl methyl sites for hydroxylation is 1. The smallest absolute Gasteiger partial charge is 0.227 e. The Balaban J connectivity index is 2.06. The van der Waals surface area contributed by atoms with Crippen LogP contribution >= 0.6 is 20.2 Å². The summed E-state index contributed by atoms with van der Waals surface area (Å²) in [5.74, 6) is 0.0116. The summed E-state index contributed by atoms with van der Waals surface area (Å²) in [6.45, 7) is 4.66. The summed E-state index contributed by atoms with van der Waals surface area (Å²) in [5.41, 5.74) is 2.14. The topological polar surface area (TPSA) is 37.4 Å². The van der Waals surface area contributed by atoms with Gasteiger partial charge in [-0.1, -0.05) is 30.7 Å². The fourth-order valence-corrected chi connectivity index (χ4v) is 3.88. The molecule has 21 heavy (non-hydrogen) atoms. The normalized spacial score (nSPS) is 18.6. The Bertz CT molecular complexity index is 547. The third kappa shape index (κ3) is 4.05. The Morgan fingerprint density at radius 1 is 1.43 bits per heavy atom. The second-order valence-electron chi connectivity index (χ2n) is 5.41. The fraction of sp³-hybridized carbons (Fsp3) is 0.500. The molecule has 1 saturated heterocycles. The number of carbonyl (C=O) groups excluding carboxylic acids is 2. The van der Waals surface area contributed by atoms with E-state index in [9.17, 15) is 9.59 Å². The van der Waals surface area contributed by atoms with Crippen LogP contribution in [0.2, 0.25) is 5.02 Å². The Morgan fingerprint density at radius 2 is 2.19 bits per heavy atom. The zero-order valence-electron chi connectivity index (χ0n) is 12.5. The minimum atomic E-state index is -0.208. The molecule has 2 rings (SSSR count). The summed E-state index contributed by atoms with van der Waals surface area (Å²) in [5, 5.41) is 0.626. The monoisotopic (exact) mass is 325 g/mol. The lowest BCUT2D eigenvalue weighted by atomic mass is 10.1. The zero-order chi connectivity index (χ0) is 15.4. The van der Waals surface area contributed by atoms with Crippen molar-refractivity contribution in [3.8, 4) is 0 Å². The molecule has 1 aromatic rings. The van der Waals surface area contributed by atoms with E-state index < -0.39 is 0 Å². The predicted molar refractivity (Wildman–Crippen MR) is 88.5 cm³/mol. The van der Waals surface area contributed by atoms with Crippen molar-refractivity contribution in [1.82, 2.24) is 4.90 Å². The Hall–Kier alpha value is -0.920. The van der Waals surface area contributed by atoms with Crippen molar-refractivity contribution in [3.05, 3.63) is 34.3 Å². The molecule has 1 aromatic carbocycles. The van der Waals surface area contributed by atoms with Gasteiger partial charge in [-0.25, -0.2) is 0 Å². The Morgan fingerprint density at radius 3 is 2.86 bits per heavy atom. The summed E-state index contributed by atoms with van der Waals surface area (Å²) < 4.78 is 0. The molecule has 0 aliphatic carbocycles. The average Bonchev–Trinajstić information content (AvgIpc) is 2.91. The van der Waals surface area contributed by atoms with Gasteiger partial charge in [0.2, 0.25) is 5.91 Å². The van der Waals surface area contributed by atoms with Gasteiger partial charge in [-0.3, -0.25) is 9.59 Å². The SMILES string of the molecule is CCPC(=O)C1CCCN1C(=O)Cc1ccc(C)cc1Cl. The molecule has 0 N–H and O–H groups in total. The predicted octanol–water partition coefficient (Wildman–Crippen LogP) is 3.41. The molecule has 5 heteroatoms. The van der Waals surface area contributed by atoms with Gasteiger partial charge in [-0.15, -0.1) is 0 Å². The molecule has 3 nitrogen and oxygen atoms in total. The van der Waals surface area contributed by atoms with E-state index in [0.29, 0.717) is 20.1 Å². The van der Waals surface area contributed by atoms with Crippen molar-refractivity contribution < 1.29 is 9.59 Å². The third-order valence-corrected chi connectivity index (χ3v) is 5.16. The molecule has 1 heterocycles. The van der Waals surface area contributed by atoms with Crippen LogP contribution in [0, 0.1) is 6.92 Å². The van der Waals surface area contributed by atoms with Crippen molar-refractivity contribution in [2.45, 2.75) is 39.2 Å². The zero-order valence-corrected chi connectivity index (χ0v) is 14.2. The van der Waals surface area contributed by atoms with Crippen LogP contribution in [0.3, 0.4) is 0 Å². The number of amides is 1. The highest BCUT2D eigenvalue weighted by atomic mass is 35.5. The molecule has 0 saturated carbocycles. The fourth-order valence-electron chi connectivity index (χ4n) is 2.69. The van der Waals surface area contributed by atoms with E-state index in [0.717, 1.165) is 30.1 Å². The lowest BCUT2D eigenvalue weighted by Gasteiger charge is -2.24. The van der Waals surface area contributed by atoms with E-state index in [-0.39, 0.29) is 23.9 Å². The van der Waals surface area contributed by atoms with E-state index in [4.69, 9.17) is 11.6 Å². The van der Waals surface area contributed by atoms with Crippen LogP contribution in [0.5, 0.6) is 0 Å². The number of rotatable bonds is 5. The number of halogens is 1. The quantitative estimate of drug-likeness (QED) is 0.778. The van der Waals surface area contributed by atoms with Crippen molar-refractivity contribution >= 4 is 31.6 Å². The summed E-state index contributed by atoms with van der Waals surface area (Å²) >= 11 is 6.19. The number of hydrogen-bond acceptors (Lipinski definition) is 2. The summed E-state index contributed by atoms with van der Waals surface area (Å²) in [4.78, 5) is 26.4. The second-order valence-corrected chi connectivity index (χ2v) is 7.37. The maximum atomic E-state index is 12.5. The largest absolute Gasteiger partial charge is 0.332 e. The third-order valence-electron chi connectivity index (χ3n) is 3.78. The van der Waals surface area contributed by atoms with E-state index in [1.54, 1.807) is 4.90 Å². The Kier molecular flexibility index (Phi) is 5.78. The van der Waals surface area contributed by atoms with E-state index in [1.807, 2.05) is 32.0 Å². The van der Waals surface area contributed by atoms with Gasteiger partial charge in [-0.2, -0.15) is 0 Å². The molecule has 1 amide bonds. The van der Waals surface area contributed by atoms with Gasteiger partial charge in [0, 0.05) is 11.6 Å². The number of hydrogen-bond donors (Lipinski definition) is 0. The van der Waals surface area contributed by atoms with Gasteiger partial charge in [0.05, 0.1) is 12.5 Å². The first-order valence-electron chi connectivity index (χ1n) is 7.35. The molecule has 0 radical (unpaired) electrons. The van der Waals surface area contributed by atoms with Crippen LogP contribution in [-0.2, 0) is 16.0 Å². The minimum Gasteiger partial charge on any atom is -0.332 e. The molecule has 2 unspecified atom stereocenters. The minimum absolute atomic E-state index is 0.0116. The molecule has 1 fully saturated rings. The van der Waals surface area contributed by atoms with E-state index in [1.165, 1.54) is 0 Å². The first kappa shape index (κ1) is 16.5. The molecule has 0 aromatic heterocycles. The van der Waals surface area contributed by atoms with Crippen LogP contribution in [0.15, 0.2) is 18.2 Å². The highest BCUT2D eigenvalue weighted by Gasteiger charge is 2.33. The van der Waals surface area contributed by atoms with Crippen LogP contribution in [0.25, 0.3) is 0 Å². The van der Waals surface area contributed by atoms with Gasteiger partial charge in [-0.05, 0) is 51.7 Å². The van der Waals surface area contributed by atoms with Crippen molar-refractivity contribution in [2.24, 2.45) is 0 Å². The number of likely N-dealkylation sites (tertiary alicyclic amines) is 1. The molecule has 1 aliphatic heterocycles. The van der Waals surface area contributed by atoms with Crippen LogP contribution in [-0.4, -0.2) is 35.1 Å². The molecule has 114 valence electrons. The van der Waals surface area contributed by atoms with Gasteiger partial charge >= 0.3 is 0 Å². The summed E-state index contributed by atoms with van der Waals surface area (Å²) in [7, 11) is 0.306. The molecule has 0 spiro atoms. The maximum absolute atomic E-state index is 12.5. The lowest BCUT2D eigenvalue weighted by Crippen LogP contribution is -2.40. The van der Waals surface area contributed by atoms with Gasteiger partial charge in [0.15, 0.2) is 5.52 Å².